The quantitative estimate of drug-likeness (QED) is 0.773. The first-order valence-electron chi connectivity index (χ1n) is 10.1. The van der Waals surface area contributed by atoms with Crippen molar-refractivity contribution >= 4 is 23.5 Å². The van der Waals surface area contributed by atoms with E-state index in [9.17, 15) is 14.4 Å². The van der Waals surface area contributed by atoms with Crippen LogP contribution in [0.25, 0.3) is 0 Å². The van der Waals surface area contributed by atoms with Crippen LogP contribution < -0.4 is 15.0 Å². The second-order valence-corrected chi connectivity index (χ2v) is 7.92. The molecule has 4 rings (SSSR count). The molecule has 0 aliphatic carbocycles. The van der Waals surface area contributed by atoms with Crippen LogP contribution in [0.1, 0.15) is 24.5 Å². The van der Waals surface area contributed by atoms with Crippen molar-refractivity contribution in [1.29, 1.82) is 0 Å². The number of ether oxygens (including phenoxy) is 1. The lowest BCUT2D eigenvalue weighted by atomic mass is 9.92. The van der Waals surface area contributed by atoms with Crippen molar-refractivity contribution in [3.05, 3.63) is 59.7 Å². The standard InChI is InChI=1S/C23H25N3O4/c1-23(14-17-9-4-6-12-19(17)30-2)21(28)26(22(29)24-23)15-20(27)25-13-7-10-16-8-3-5-11-18(16)25/h3-6,8-9,11-12H,7,10,13-15H2,1-2H3,(H,24,29). The van der Waals surface area contributed by atoms with E-state index in [0.717, 1.165) is 34.6 Å². The number of amides is 4. The monoisotopic (exact) mass is 407 g/mol. The number of carbonyl (C=O) groups excluding carboxylic acids is 3. The van der Waals surface area contributed by atoms with E-state index in [0.29, 0.717) is 12.3 Å². The Morgan fingerprint density at radius 3 is 2.67 bits per heavy atom. The van der Waals surface area contributed by atoms with Gasteiger partial charge in [-0.3, -0.25) is 14.5 Å². The lowest BCUT2D eigenvalue weighted by Crippen LogP contribution is -2.47. The lowest BCUT2D eigenvalue weighted by molar-refractivity contribution is -0.133. The molecule has 0 spiro atoms. The number of anilines is 1. The van der Waals surface area contributed by atoms with Gasteiger partial charge in [0.1, 0.15) is 17.8 Å². The fourth-order valence-electron chi connectivity index (χ4n) is 4.25. The van der Waals surface area contributed by atoms with Crippen LogP contribution in [0.4, 0.5) is 10.5 Å². The summed E-state index contributed by atoms with van der Waals surface area (Å²) in [4.78, 5) is 41.4. The summed E-state index contributed by atoms with van der Waals surface area (Å²) in [5.41, 5.74) is 1.65. The Bertz CT molecular complexity index is 1010. The first kappa shape index (κ1) is 19.9. The van der Waals surface area contributed by atoms with Crippen molar-refractivity contribution in [2.75, 3.05) is 25.1 Å². The molecule has 1 atom stereocenters. The van der Waals surface area contributed by atoms with Crippen LogP contribution in [-0.2, 0) is 22.4 Å². The van der Waals surface area contributed by atoms with E-state index in [4.69, 9.17) is 4.74 Å². The van der Waals surface area contributed by atoms with Gasteiger partial charge in [0.2, 0.25) is 5.91 Å². The van der Waals surface area contributed by atoms with Crippen LogP contribution in [0.3, 0.4) is 0 Å². The Hall–Kier alpha value is -3.35. The molecule has 2 aromatic rings. The first-order valence-corrected chi connectivity index (χ1v) is 10.1. The molecule has 1 unspecified atom stereocenters. The molecular formula is C23H25N3O4. The Kier molecular flexibility index (Phi) is 5.20. The lowest BCUT2D eigenvalue weighted by Gasteiger charge is -2.30. The van der Waals surface area contributed by atoms with Gasteiger partial charge in [-0.25, -0.2) is 4.79 Å². The van der Waals surface area contributed by atoms with E-state index < -0.39 is 17.5 Å². The van der Waals surface area contributed by atoms with Crippen molar-refractivity contribution in [3.63, 3.8) is 0 Å². The minimum Gasteiger partial charge on any atom is -0.496 e. The third-order valence-corrected chi connectivity index (χ3v) is 5.79. The first-order chi connectivity index (χ1) is 14.4. The molecule has 0 radical (unpaired) electrons. The Labute approximate surface area is 175 Å². The summed E-state index contributed by atoms with van der Waals surface area (Å²) in [6.07, 6.45) is 2.05. The average molecular weight is 407 g/mol. The molecule has 4 amide bonds. The molecule has 0 saturated carbocycles. The van der Waals surface area contributed by atoms with Gasteiger partial charge < -0.3 is 15.0 Å². The number of para-hydroxylation sites is 2. The Balaban J connectivity index is 1.51. The molecule has 2 aliphatic heterocycles. The molecule has 156 valence electrons. The van der Waals surface area contributed by atoms with E-state index in [-0.39, 0.29) is 18.9 Å². The maximum Gasteiger partial charge on any atom is 0.325 e. The Morgan fingerprint density at radius 1 is 1.13 bits per heavy atom. The van der Waals surface area contributed by atoms with Crippen LogP contribution in [0.15, 0.2) is 48.5 Å². The number of aryl methyl sites for hydroxylation is 1. The normalized spacial score (nSPS) is 20.7. The second-order valence-electron chi connectivity index (χ2n) is 7.92. The van der Waals surface area contributed by atoms with Gasteiger partial charge in [0.15, 0.2) is 0 Å². The summed E-state index contributed by atoms with van der Waals surface area (Å²) in [6.45, 7) is 1.98. The number of carbonyl (C=O) groups is 3. The van der Waals surface area contributed by atoms with Crippen molar-refractivity contribution in [3.8, 4) is 5.75 Å². The molecule has 2 aliphatic rings. The topological polar surface area (TPSA) is 79.0 Å². The molecule has 2 heterocycles. The molecule has 1 saturated heterocycles. The third kappa shape index (κ3) is 3.51. The van der Waals surface area contributed by atoms with Crippen LogP contribution in [0.5, 0.6) is 5.75 Å². The second kappa shape index (κ2) is 7.82. The number of nitrogens with one attached hydrogen (secondary N) is 1. The van der Waals surface area contributed by atoms with Gasteiger partial charge in [0.05, 0.1) is 7.11 Å². The van der Waals surface area contributed by atoms with Crippen LogP contribution in [0.2, 0.25) is 0 Å². The number of urea groups is 1. The fraction of sp³-hybridized carbons (Fsp3) is 0.348. The summed E-state index contributed by atoms with van der Waals surface area (Å²) in [5.74, 6) is -0.00975. The summed E-state index contributed by atoms with van der Waals surface area (Å²) < 4.78 is 5.37. The molecule has 1 fully saturated rings. The highest BCUT2D eigenvalue weighted by Gasteiger charge is 2.49. The molecule has 0 bridgehead atoms. The van der Waals surface area contributed by atoms with Crippen LogP contribution in [-0.4, -0.2) is 48.5 Å². The third-order valence-electron chi connectivity index (χ3n) is 5.79. The summed E-state index contributed by atoms with van der Waals surface area (Å²) >= 11 is 0. The summed E-state index contributed by atoms with van der Waals surface area (Å²) in [6, 6.07) is 14.6. The number of imide groups is 1. The van der Waals surface area contributed by atoms with E-state index in [1.54, 1.807) is 18.9 Å². The number of fused-ring (bicyclic) bond motifs is 1. The maximum atomic E-state index is 13.1. The molecule has 30 heavy (non-hydrogen) atoms. The van der Waals surface area contributed by atoms with E-state index in [1.165, 1.54) is 0 Å². The number of methoxy groups -OCH3 is 1. The zero-order valence-electron chi connectivity index (χ0n) is 17.2. The maximum absolute atomic E-state index is 13.1. The van der Waals surface area contributed by atoms with E-state index >= 15 is 0 Å². The van der Waals surface area contributed by atoms with Crippen LogP contribution >= 0.6 is 0 Å². The molecule has 7 heteroatoms. The molecular weight excluding hydrogens is 382 g/mol. The highest BCUT2D eigenvalue weighted by atomic mass is 16.5. The minimum absolute atomic E-state index is 0.257. The van der Waals surface area contributed by atoms with Gasteiger partial charge in [-0.1, -0.05) is 36.4 Å². The summed E-state index contributed by atoms with van der Waals surface area (Å²) in [7, 11) is 1.57. The highest BCUT2D eigenvalue weighted by Crippen LogP contribution is 2.29. The molecule has 0 aromatic heterocycles. The van der Waals surface area contributed by atoms with Crippen molar-refractivity contribution < 1.29 is 19.1 Å². The zero-order valence-corrected chi connectivity index (χ0v) is 17.2. The van der Waals surface area contributed by atoms with Gasteiger partial charge in [-0.15, -0.1) is 0 Å². The predicted molar refractivity (Wildman–Crippen MR) is 112 cm³/mol. The smallest absolute Gasteiger partial charge is 0.325 e. The highest BCUT2D eigenvalue weighted by molar-refractivity contribution is 6.10. The average Bonchev–Trinajstić information content (AvgIpc) is 2.96. The number of hydrogen-bond donors (Lipinski definition) is 1. The van der Waals surface area contributed by atoms with Gasteiger partial charge in [-0.05, 0) is 43.0 Å². The number of rotatable bonds is 5. The van der Waals surface area contributed by atoms with Gasteiger partial charge in [0.25, 0.3) is 5.91 Å². The van der Waals surface area contributed by atoms with Crippen molar-refractivity contribution in [1.82, 2.24) is 10.2 Å². The molecule has 7 nitrogen and oxygen atoms in total. The SMILES string of the molecule is COc1ccccc1CC1(C)NC(=O)N(CC(=O)N2CCCc3ccccc32)C1=O. The van der Waals surface area contributed by atoms with Crippen LogP contribution in [0, 0.1) is 0 Å². The molecule has 1 N–H and O–H groups in total. The predicted octanol–water partition coefficient (Wildman–Crippen LogP) is 2.53. The zero-order chi connectivity index (χ0) is 21.3. The minimum atomic E-state index is -1.13. The molecule has 2 aromatic carbocycles. The summed E-state index contributed by atoms with van der Waals surface area (Å²) in [5, 5.41) is 2.77. The Morgan fingerprint density at radius 2 is 1.87 bits per heavy atom. The number of nitrogens with zero attached hydrogens (tertiary/aromatic N) is 2. The van der Waals surface area contributed by atoms with E-state index in [1.807, 2.05) is 48.5 Å². The largest absolute Gasteiger partial charge is 0.496 e. The van der Waals surface area contributed by atoms with Crippen molar-refractivity contribution in [2.45, 2.75) is 31.7 Å². The fourth-order valence-corrected chi connectivity index (χ4v) is 4.25. The van der Waals surface area contributed by atoms with Crippen molar-refractivity contribution in [2.24, 2.45) is 0 Å². The van der Waals surface area contributed by atoms with Gasteiger partial charge in [-0.2, -0.15) is 0 Å². The van der Waals surface area contributed by atoms with Gasteiger partial charge >= 0.3 is 6.03 Å². The van der Waals surface area contributed by atoms with E-state index in [2.05, 4.69) is 5.32 Å². The number of hydrogen-bond acceptors (Lipinski definition) is 4. The van der Waals surface area contributed by atoms with Gasteiger partial charge in [0, 0.05) is 18.7 Å². The number of benzene rings is 2.